The predicted molar refractivity (Wildman–Crippen MR) is 121 cm³/mol. The van der Waals surface area contributed by atoms with Crippen LogP contribution < -0.4 is 10.2 Å². The molecule has 7 heteroatoms. The number of piperazine rings is 1. The number of nitrogens with zero attached hydrogens (tertiary/aromatic N) is 4. The molecule has 3 N–H and O–H groups in total. The Morgan fingerprint density at radius 1 is 1.03 bits per heavy atom. The van der Waals surface area contributed by atoms with E-state index in [1.54, 1.807) is 24.3 Å². The van der Waals surface area contributed by atoms with Gasteiger partial charge in [0.25, 0.3) is 0 Å². The molecule has 0 radical (unpaired) electrons. The molecule has 7 nitrogen and oxygen atoms in total. The van der Waals surface area contributed by atoms with Crippen LogP contribution in [-0.4, -0.2) is 58.7 Å². The number of aromatic nitrogens is 1. The van der Waals surface area contributed by atoms with Gasteiger partial charge < -0.3 is 15.1 Å². The molecule has 1 aromatic heterocycles. The lowest BCUT2D eigenvalue weighted by molar-refractivity contribution is -0.0625. The van der Waals surface area contributed by atoms with E-state index in [0.717, 1.165) is 24.6 Å². The van der Waals surface area contributed by atoms with Gasteiger partial charge in [0, 0.05) is 37.9 Å². The Labute approximate surface area is 184 Å². The van der Waals surface area contributed by atoms with Crippen molar-refractivity contribution in [2.45, 2.75) is 46.2 Å². The molecule has 1 aromatic carbocycles. The zero-order chi connectivity index (χ0) is 22.6. The molecule has 2 unspecified atom stereocenters. The van der Waals surface area contributed by atoms with Crippen LogP contribution in [0.5, 0.6) is 0 Å². The average molecular weight is 424 g/mol. The highest BCUT2D eigenvalue weighted by atomic mass is 16.3. The fraction of sp³-hybridized carbons (Fsp3) is 0.500. The molecule has 3 rings (SSSR count). The van der Waals surface area contributed by atoms with Crippen molar-refractivity contribution in [1.82, 2.24) is 15.2 Å². The number of benzene rings is 1. The number of nitriles is 1. The van der Waals surface area contributed by atoms with Gasteiger partial charge >= 0.3 is 0 Å². The summed E-state index contributed by atoms with van der Waals surface area (Å²) in [6.45, 7) is 11.0. The normalized spacial score (nSPS) is 18.3. The van der Waals surface area contributed by atoms with E-state index < -0.39 is 12.5 Å². The second kappa shape index (κ2) is 9.75. The number of aliphatic hydroxyl groups is 2. The first-order valence-corrected chi connectivity index (χ1v) is 10.7. The van der Waals surface area contributed by atoms with Crippen molar-refractivity contribution < 1.29 is 10.2 Å². The number of aliphatic hydroxyl groups excluding tert-OH is 2. The lowest BCUT2D eigenvalue weighted by Crippen LogP contribution is -2.59. The maximum absolute atomic E-state index is 11.1. The van der Waals surface area contributed by atoms with Gasteiger partial charge in [0.05, 0.1) is 17.7 Å². The molecule has 0 bridgehead atoms. The van der Waals surface area contributed by atoms with Crippen LogP contribution in [0.15, 0.2) is 42.5 Å². The number of anilines is 1. The number of hydrogen-bond acceptors (Lipinski definition) is 7. The Kier molecular flexibility index (Phi) is 7.29. The van der Waals surface area contributed by atoms with E-state index in [0.29, 0.717) is 24.2 Å². The third-order valence-corrected chi connectivity index (χ3v) is 5.82. The van der Waals surface area contributed by atoms with Gasteiger partial charge in [-0.15, -0.1) is 0 Å². The molecule has 1 aliphatic heterocycles. The molecule has 2 aromatic rings. The molecule has 166 valence electrons. The maximum atomic E-state index is 11.1. The Bertz CT molecular complexity index is 895. The van der Waals surface area contributed by atoms with Gasteiger partial charge in [0.1, 0.15) is 5.82 Å². The Morgan fingerprint density at radius 3 is 2.23 bits per heavy atom. The van der Waals surface area contributed by atoms with E-state index in [4.69, 9.17) is 5.26 Å². The van der Waals surface area contributed by atoms with Gasteiger partial charge in [-0.05, 0) is 42.2 Å². The smallest absolute Gasteiger partial charge is 0.163 e. The van der Waals surface area contributed by atoms with Crippen molar-refractivity contribution in [3.8, 4) is 6.07 Å². The van der Waals surface area contributed by atoms with Crippen LogP contribution in [0.2, 0.25) is 0 Å². The highest BCUT2D eigenvalue weighted by Crippen LogP contribution is 2.31. The summed E-state index contributed by atoms with van der Waals surface area (Å²) in [5.74, 6) is 0.964. The van der Waals surface area contributed by atoms with Gasteiger partial charge in [0.15, 0.2) is 6.35 Å². The molecular formula is C24H33N5O2. The van der Waals surface area contributed by atoms with Crippen LogP contribution in [0, 0.1) is 23.7 Å². The summed E-state index contributed by atoms with van der Waals surface area (Å²) < 4.78 is 0. The standard InChI is InChI=1S/C24H33N5O2/c1-17-6-5-7-20(26-17)28-12-14-29(15-13-28)23(31)27-22(24(2,3)4)21(30)19-10-8-18(16-25)9-11-19/h5-11,21-23,27,30-31H,12-15H2,1-4H3/t21-,22?,23?/m1/s1. The Hall–Kier alpha value is -2.50. The lowest BCUT2D eigenvalue weighted by Gasteiger charge is -2.42. The van der Waals surface area contributed by atoms with E-state index in [2.05, 4.69) is 21.3 Å². The van der Waals surface area contributed by atoms with Crippen molar-refractivity contribution >= 4 is 5.82 Å². The van der Waals surface area contributed by atoms with Gasteiger partial charge in [-0.3, -0.25) is 10.2 Å². The minimum atomic E-state index is -0.870. The van der Waals surface area contributed by atoms with Crippen molar-refractivity contribution in [3.05, 3.63) is 59.3 Å². The molecule has 1 saturated heterocycles. The van der Waals surface area contributed by atoms with Crippen LogP contribution in [0.3, 0.4) is 0 Å². The number of aryl methyl sites for hydroxylation is 1. The monoisotopic (exact) mass is 423 g/mol. The van der Waals surface area contributed by atoms with Crippen LogP contribution in [-0.2, 0) is 0 Å². The summed E-state index contributed by atoms with van der Waals surface area (Å²) in [6, 6.07) is 14.7. The predicted octanol–water partition coefficient (Wildman–Crippen LogP) is 2.40. The number of nitrogens with one attached hydrogen (secondary N) is 1. The minimum Gasteiger partial charge on any atom is -0.387 e. The van der Waals surface area contributed by atoms with E-state index in [9.17, 15) is 10.2 Å². The Morgan fingerprint density at radius 2 is 1.68 bits per heavy atom. The van der Waals surface area contributed by atoms with E-state index in [1.165, 1.54) is 0 Å². The van der Waals surface area contributed by atoms with E-state index >= 15 is 0 Å². The van der Waals surface area contributed by atoms with Gasteiger partial charge in [-0.2, -0.15) is 5.26 Å². The first-order chi connectivity index (χ1) is 14.7. The van der Waals surface area contributed by atoms with Crippen molar-refractivity contribution in [3.63, 3.8) is 0 Å². The molecule has 1 aliphatic rings. The van der Waals surface area contributed by atoms with Gasteiger partial charge in [-0.25, -0.2) is 4.98 Å². The first-order valence-electron chi connectivity index (χ1n) is 10.7. The van der Waals surface area contributed by atoms with E-state index in [1.807, 2.05) is 50.8 Å². The Balaban J connectivity index is 1.64. The van der Waals surface area contributed by atoms with Crippen LogP contribution >= 0.6 is 0 Å². The quantitative estimate of drug-likeness (QED) is 0.614. The van der Waals surface area contributed by atoms with Crippen LogP contribution in [0.25, 0.3) is 0 Å². The summed E-state index contributed by atoms with van der Waals surface area (Å²) in [4.78, 5) is 8.80. The molecule has 1 fully saturated rings. The average Bonchev–Trinajstić information content (AvgIpc) is 2.76. The van der Waals surface area contributed by atoms with Gasteiger partial charge in [0.2, 0.25) is 0 Å². The SMILES string of the molecule is Cc1cccc(N2CCN(C(O)NC([C@H](O)c3ccc(C#N)cc3)C(C)(C)C)CC2)n1. The molecule has 31 heavy (non-hydrogen) atoms. The molecular weight excluding hydrogens is 390 g/mol. The minimum absolute atomic E-state index is 0.304. The molecule has 0 spiro atoms. The second-order valence-corrected chi connectivity index (χ2v) is 9.22. The summed E-state index contributed by atoms with van der Waals surface area (Å²) >= 11 is 0. The number of hydrogen-bond donors (Lipinski definition) is 3. The fourth-order valence-corrected chi connectivity index (χ4v) is 3.93. The fourth-order valence-electron chi connectivity index (χ4n) is 3.93. The zero-order valence-corrected chi connectivity index (χ0v) is 18.8. The largest absolute Gasteiger partial charge is 0.387 e. The van der Waals surface area contributed by atoms with Gasteiger partial charge in [-0.1, -0.05) is 39.0 Å². The maximum Gasteiger partial charge on any atom is 0.163 e. The third-order valence-electron chi connectivity index (χ3n) is 5.82. The zero-order valence-electron chi connectivity index (χ0n) is 18.8. The summed E-state index contributed by atoms with van der Waals surface area (Å²) in [7, 11) is 0. The molecule has 0 aliphatic carbocycles. The summed E-state index contributed by atoms with van der Waals surface area (Å²) in [5, 5.41) is 34.2. The van der Waals surface area contributed by atoms with E-state index in [-0.39, 0.29) is 11.5 Å². The third kappa shape index (κ3) is 5.81. The molecule has 2 heterocycles. The molecule has 0 saturated carbocycles. The molecule has 3 atom stereocenters. The van der Waals surface area contributed by atoms with Crippen molar-refractivity contribution in [1.29, 1.82) is 5.26 Å². The second-order valence-electron chi connectivity index (χ2n) is 9.22. The van der Waals surface area contributed by atoms with Crippen LogP contribution in [0.1, 0.15) is 43.7 Å². The first kappa shape index (κ1) is 23.2. The van der Waals surface area contributed by atoms with Crippen LogP contribution in [0.4, 0.5) is 5.82 Å². The highest BCUT2D eigenvalue weighted by Gasteiger charge is 2.35. The summed E-state index contributed by atoms with van der Waals surface area (Å²) in [6.07, 6.45) is -1.69. The lowest BCUT2D eigenvalue weighted by atomic mass is 9.81. The van der Waals surface area contributed by atoms with Crippen molar-refractivity contribution in [2.75, 3.05) is 31.1 Å². The summed E-state index contributed by atoms with van der Waals surface area (Å²) in [5.41, 5.74) is 1.96. The number of pyridine rings is 1. The number of rotatable bonds is 6. The topological polar surface area (TPSA) is 95.6 Å². The highest BCUT2D eigenvalue weighted by molar-refractivity contribution is 5.39. The van der Waals surface area contributed by atoms with Crippen molar-refractivity contribution in [2.24, 2.45) is 5.41 Å². The molecule has 0 amide bonds.